The molecule has 3 saturated heterocycles. The molecule has 0 saturated carbocycles. The molecule has 0 bridgehead atoms. The molecule has 18 atom stereocenters. The maximum atomic E-state index is 14.3. The van der Waals surface area contributed by atoms with Crippen LogP contribution in [0.15, 0.2) is 33.7 Å². The molecule has 25 heteroatoms. The van der Waals surface area contributed by atoms with Crippen LogP contribution in [0.2, 0.25) is 0 Å². The lowest BCUT2D eigenvalue weighted by atomic mass is 9.74. The first-order valence-electron chi connectivity index (χ1n) is 27.6. The number of ether oxygens (including phenoxy) is 8. The monoisotopic (exact) mass is 1170 g/mol. The first-order chi connectivity index (χ1) is 37.5. The van der Waals surface area contributed by atoms with Crippen LogP contribution >= 0.6 is 0 Å². The standard InChI is InChI=1S/C43H75NO16.C13H15N3O4S/c1-15-29-43(11,52)36(48)24(5)33(47)22(3)20-41(9,51)38(25(6)34(26(7)39(50)57-29)59-32-21-42(10,53-14)37(49)27(8)56-32)60-40-35(28(44(12)13)19-23(4)55-40)58-31(46)18-17-30(45)54-16-2;1-8-9(2)15-20-13(8)16(10(3)17)21(18,19)12-6-4-11(14)5-7-12/h22-29,32,34-38,40,48-49,51-52H,15-21H2,1-14H3;4-7H,14H2,1-3H3/t22-,23+,24+,25+,26-,27+,28-,29-,32+,34+,35+,36-,37+,38-,40-,41-,42-,43-;/m1./s1. The lowest BCUT2D eigenvalue weighted by Gasteiger charge is -2.49. The van der Waals surface area contributed by atoms with E-state index < -0.39 is 148 Å². The van der Waals surface area contributed by atoms with Crippen LogP contribution in [0, 0.1) is 37.5 Å². The maximum Gasteiger partial charge on any atom is 0.311 e. The second-order valence-electron chi connectivity index (χ2n) is 22.8. The van der Waals surface area contributed by atoms with E-state index in [0.29, 0.717) is 27.7 Å². The quantitative estimate of drug-likeness (QED) is 0.0943. The van der Waals surface area contributed by atoms with Gasteiger partial charge in [0.2, 0.25) is 5.91 Å². The number of ketones is 1. The van der Waals surface area contributed by atoms with Crippen LogP contribution in [0.4, 0.5) is 11.6 Å². The molecule has 3 aliphatic rings. The van der Waals surface area contributed by atoms with Crippen LogP contribution in [-0.2, 0) is 71.9 Å². The summed E-state index contributed by atoms with van der Waals surface area (Å²) < 4.78 is 79.6. The predicted molar refractivity (Wildman–Crippen MR) is 293 cm³/mol. The van der Waals surface area contributed by atoms with Gasteiger partial charge in [-0.25, -0.2) is 8.42 Å². The van der Waals surface area contributed by atoms with Crippen molar-refractivity contribution < 1.29 is 95.2 Å². The molecule has 5 rings (SSSR count). The summed E-state index contributed by atoms with van der Waals surface area (Å²) in [5.41, 5.74) is 1.92. The number of rotatable bonds is 15. The summed E-state index contributed by atoms with van der Waals surface area (Å²) in [7, 11) is 1.01. The van der Waals surface area contributed by atoms with Crippen LogP contribution < -0.4 is 10.0 Å². The molecule has 3 aliphatic heterocycles. The number of hydrogen-bond acceptors (Lipinski definition) is 23. The molecule has 0 radical (unpaired) electrons. The number of likely N-dealkylation sites (N-methyl/N-ethyl adjacent to an activating group) is 1. The van der Waals surface area contributed by atoms with Gasteiger partial charge in [0.25, 0.3) is 15.9 Å². The first-order valence-corrected chi connectivity index (χ1v) is 29.0. The molecular formula is C56H90N4O20S. The average Bonchev–Trinajstić information content (AvgIpc) is 3.92. The fourth-order valence-corrected chi connectivity index (χ4v) is 12.3. The highest BCUT2D eigenvalue weighted by Gasteiger charge is 2.54. The minimum Gasteiger partial charge on any atom is -0.466 e. The predicted octanol–water partition coefficient (Wildman–Crippen LogP) is 4.30. The number of aliphatic hydroxyl groups is 4. The van der Waals surface area contributed by atoms with Crippen LogP contribution in [0.25, 0.3) is 0 Å². The lowest BCUT2D eigenvalue weighted by Crippen LogP contribution is -2.61. The topological polar surface area (TPSA) is 333 Å². The molecule has 0 aliphatic carbocycles. The number of Topliss-reactive ketones (excluding diaryl/α,β-unsaturated/α-hetero) is 1. The number of cyclic esters (lactones) is 1. The Morgan fingerprint density at radius 3 is 2.00 bits per heavy atom. The van der Waals surface area contributed by atoms with Gasteiger partial charge in [0.05, 0.1) is 83.7 Å². The zero-order valence-electron chi connectivity index (χ0n) is 50.1. The number of nitrogen functional groups attached to an aromatic ring is 1. The zero-order valence-corrected chi connectivity index (χ0v) is 50.9. The van der Waals surface area contributed by atoms with Gasteiger partial charge in [0.1, 0.15) is 23.6 Å². The van der Waals surface area contributed by atoms with E-state index in [4.69, 9.17) is 48.2 Å². The number of hydrogen-bond donors (Lipinski definition) is 5. The normalized spacial score (nSPS) is 35.4. The number of aliphatic hydroxyl groups excluding tert-OH is 2. The summed E-state index contributed by atoms with van der Waals surface area (Å²) in [6.07, 6.45) is -11.1. The molecule has 1 aromatic heterocycles. The van der Waals surface area contributed by atoms with Crippen molar-refractivity contribution in [1.82, 2.24) is 10.1 Å². The van der Waals surface area contributed by atoms with E-state index in [2.05, 4.69) is 5.16 Å². The van der Waals surface area contributed by atoms with Gasteiger partial charge in [-0.05, 0) is 120 Å². The van der Waals surface area contributed by atoms with Crippen LogP contribution in [0.1, 0.15) is 133 Å². The van der Waals surface area contributed by atoms with E-state index >= 15 is 0 Å². The number of nitrogens with two attached hydrogens (primary N) is 1. The number of amides is 1. The minimum absolute atomic E-state index is 0.0431. The summed E-state index contributed by atoms with van der Waals surface area (Å²) in [5, 5.41) is 50.5. The Balaban J connectivity index is 0.000000558. The van der Waals surface area contributed by atoms with Crippen LogP contribution in [0.5, 0.6) is 0 Å². The van der Waals surface area contributed by atoms with E-state index in [1.165, 1.54) is 52.1 Å². The molecule has 0 unspecified atom stereocenters. The largest absolute Gasteiger partial charge is 0.466 e. The molecule has 24 nitrogen and oxygen atoms in total. The Labute approximate surface area is 476 Å². The van der Waals surface area contributed by atoms with Crippen LogP contribution in [0.3, 0.4) is 0 Å². The number of aryl methyl sites for hydroxylation is 1. The number of benzene rings is 1. The van der Waals surface area contributed by atoms with Gasteiger partial charge in [-0.15, -0.1) is 0 Å². The third-order valence-corrected chi connectivity index (χ3v) is 17.7. The molecule has 81 heavy (non-hydrogen) atoms. The van der Waals surface area contributed by atoms with E-state index in [1.807, 2.05) is 25.9 Å². The Morgan fingerprint density at radius 2 is 1.47 bits per heavy atom. The molecule has 3 fully saturated rings. The third-order valence-electron chi connectivity index (χ3n) is 15.9. The number of methoxy groups -OCH3 is 1. The Kier molecular flexibility index (Phi) is 24.0. The number of carbonyl (C=O) groups excluding carboxylic acids is 5. The second kappa shape index (κ2) is 28.3. The number of esters is 3. The molecule has 6 N–H and O–H groups in total. The van der Waals surface area contributed by atoms with Gasteiger partial charge in [0, 0.05) is 49.5 Å². The van der Waals surface area contributed by atoms with Crippen molar-refractivity contribution in [3.8, 4) is 0 Å². The number of aromatic nitrogens is 1. The van der Waals surface area contributed by atoms with Gasteiger partial charge in [-0.1, -0.05) is 32.9 Å². The van der Waals surface area contributed by atoms with E-state index in [9.17, 15) is 52.8 Å². The smallest absolute Gasteiger partial charge is 0.311 e. The van der Waals surface area contributed by atoms with Gasteiger partial charge in [0.15, 0.2) is 18.7 Å². The van der Waals surface area contributed by atoms with Gasteiger partial charge >= 0.3 is 17.9 Å². The molecule has 460 valence electrons. The highest BCUT2D eigenvalue weighted by atomic mass is 32.2. The van der Waals surface area contributed by atoms with E-state index in [1.54, 1.807) is 62.3 Å². The van der Waals surface area contributed by atoms with Crippen molar-refractivity contribution in [1.29, 1.82) is 0 Å². The van der Waals surface area contributed by atoms with Crippen molar-refractivity contribution in [2.75, 3.05) is 37.9 Å². The first kappa shape index (κ1) is 68.8. The molecular weight excluding hydrogens is 1080 g/mol. The van der Waals surface area contributed by atoms with Gasteiger partial charge in [-0.3, -0.25) is 24.0 Å². The number of nitrogens with zero attached hydrogens (tertiary/aromatic N) is 3. The Bertz CT molecular complexity index is 2560. The summed E-state index contributed by atoms with van der Waals surface area (Å²) in [5.74, 6) is -7.43. The Morgan fingerprint density at radius 1 is 0.864 bits per heavy atom. The highest BCUT2D eigenvalue weighted by Crippen LogP contribution is 2.41. The number of sulfonamides is 1. The van der Waals surface area contributed by atoms with Crippen molar-refractivity contribution in [2.24, 2.45) is 23.7 Å². The van der Waals surface area contributed by atoms with E-state index in [-0.39, 0.29) is 49.5 Å². The molecule has 1 aromatic carbocycles. The number of anilines is 2. The summed E-state index contributed by atoms with van der Waals surface area (Å²) >= 11 is 0. The Hall–Kier alpha value is -4.67. The minimum atomic E-state index is -4.08. The van der Waals surface area contributed by atoms with Crippen molar-refractivity contribution >= 4 is 51.2 Å². The average molecular weight is 1170 g/mol. The molecule has 0 spiro atoms. The molecule has 4 heterocycles. The van der Waals surface area contributed by atoms with Crippen molar-refractivity contribution in [3.63, 3.8) is 0 Å². The SMILES string of the molecule is CC(=O)N(c1onc(C)c1C)S(=O)(=O)c1ccc(N)cc1.CCOC(=O)CCC(=O)O[C@@H]1[C@@H](O[C@@H]2[C@@H](C)[C@H](O[C@H]3C[C@@](C)(OC)[C@@H](O)[C@H](C)O3)[C@@H](C)C(=O)O[C@H](CC)[C@@](C)(O)[C@H](O)[C@@H](C)C(=O)[C@H](C)C[C@@]2(C)O)O[C@@H](C)C[C@H]1N(C)C. The van der Waals surface area contributed by atoms with Gasteiger partial charge < -0.3 is 73.5 Å². The summed E-state index contributed by atoms with van der Waals surface area (Å²) in [6, 6.07) is 5.12. The summed E-state index contributed by atoms with van der Waals surface area (Å²) in [4.78, 5) is 67.4. The third kappa shape index (κ3) is 16.4. The summed E-state index contributed by atoms with van der Waals surface area (Å²) in [6.45, 7) is 22.3. The molecule has 2 aromatic rings. The zero-order chi connectivity index (χ0) is 61.4. The van der Waals surface area contributed by atoms with Gasteiger partial charge in [-0.2, -0.15) is 4.31 Å². The van der Waals surface area contributed by atoms with E-state index in [0.717, 1.165) is 6.92 Å². The van der Waals surface area contributed by atoms with Crippen molar-refractivity contribution in [3.05, 3.63) is 35.5 Å². The fraction of sp³-hybridized carbons (Fsp3) is 0.750. The fourth-order valence-electron chi connectivity index (χ4n) is 10.9. The van der Waals surface area contributed by atoms with Crippen molar-refractivity contribution in [2.45, 2.75) is 225 Å². The molecule has 1 amide bonds. The second-order valence-corrected chi connectivity index (χ2v) is 24.6. The van der Waals surface area contributed by atoms with Crippen LogP contribution in [-0.4, -0.2) is 181 Å². The lowest BCUT2D eigenvalue weighted by molar-refractivity contribution is -0.319. The maximum absolute atomic E-state index is 14.3. The number of carbonyl (C=O) groups is 5. The highest BCUT2D eigenvalue weighted by molar-refractivity contribution is 7.93.